The first-order valence-corrected chi connectivity index (χ1v) is 12.3. The van der Waals surface area contributed by atoms with Gasteiger partial charge in [0.25, 0.3) is 5.91 Å². The topological polar surface area (TPSA) is 113 Å². The van der Waals surface area contributed by atoms with Crippen LogP contribution in [0.15, 0.2) is 29.2 Å². The number of sulfonamides is 1. The highest BCUT2D eigenvalue weighted by Crippen LogP contribution is 2.29. The van der Waals surface area contributed by atoms with Crippen LogP contribution in [0.25, 0.3) is 0 Å². The minimum Gasteiger partial charge on any atom is -0.453 e. The number of hydrogen-bond donors (Lipinski definition) is 2. The summed E-state index contributed by atoms with van der Waals surface area (Å²) in [7, 11) is -3.59. The van der Waals surface area contributed by atoms with Crippen molar-refractivity contribution < 1.29 is 27.9 Å². The van der Waals surface area contributed by atoms with Crippen molar-refractivity contribution in [2.75, 3.05) is 25.0 Å². The molecule has 1 aromatic rings. The van der Waals surface area contributed by atoms with Crippen LogP contribution < -0.4 is 5.32 Å². The molecule has 2 atom stereocenters. The number of rotatable bonds is 6. The Labute approximate surface area is 184 Å². The zero-order valence-electron chi connectivity index (χ0n) is 18.2. The molecule has 1 heterocycles. The average molecular weight is 453 g/mol. The summed E-state index contributed by atoms with van der Waals surface area (Å²) in [6.45, 7) is 4.60. The number of ether oxygens (including phenoxy) is 1. The number of aliphatic hydroxyl groups is 1. The maximum atomic E-state index is 12.9. The number of carbonyl (C=O) groups is 2. The third-order valence-corrected chi connectivity index (χ3v) is 7.85. The highest BCUT2D eigenvalue weighted by molar-refractivity contribution is 7.89. The van der Waals surface area contributed by atoms with E-state index in [1.165, 1.54) is 28.6 Å². The lowest BCUT2D eigenvalue weighted by molar-refractivity contribution is -0.170. The zero-order valence-corrected chi connectivity index (χ0v) is 19.0. The number of carbonyl (C=O) groups excluding carboxylic acids is 2. The summed E-state index contributed by atoms with van der Waals surface area (Å²) in [4.78, 5) is 24.4. The number of anilines is 1. The third kappa shape index (κ3) is 5.84. The standard InChI is InChI=1S/C22H32N2O6S/c1-16-12-17(2)14-24(13-16)31(28,29)19-8-6-18(7-9-19)23-20(25)15-30-21(26)22(27)10-4-3-5-11-22/h6-9,16-17,27H,3-5,10-15H2,1-2H3,(H,23,25). The number of nitrogens with zero attached hydrogens (tertiary/aromatic N) is 1. The van der Waals surface area contributed by atoms with Crippen molar-refractivity contribution in [3.8, 4) is 0 Å². The molecule has 0 aromatic heterocycles. The molecule has 0 spiro atoms. The summed E-state index contributed by atoms with van der Waals surface area (Å²) in [6, 6.07) is 5.95. The molecular weight excluding hydrogens is 420 g/mol. The summed E-state index contributed by atoms with van der Waals surface area (Å²) in [5, 5.41) is 12.9. The Hall–Kier alpha value is -1.97. The Morgan fingerprint density at radius 1 is 1.10 bits per heavy atom. The van der Waals surface area contributed by atoms with E-state index in [0.717, 1.165) is 25.7 Å². The fraction of sp³-hybridized carbons (Fsp3) is 0.636. The van der Waals surface area contributed by atoms with Crippen molar-refractivity contribution in [3.05, 3.63) is 24.3 Å². The molecule has 3 rings (SSSR count). The molecule has 8 nitrogen and oxygen atoms in total. The van der Waals surface area contributed by atoms with Crippen molar-refractivity contribution in [2.45, 2.75) is 62.9 Å². The van der Waals surface area contributed by atoms with Gasteiger partial charge < -0.3 is 15.2 Å². The average Bonchev–Trinajstić information content (AvgIpc) is 2.72. The van der Waals surface area contributed by atoms with Gasteiger partial charge in [-0.1, -0.05) is 20.3 Å². The monoisotopic (exact) mass is 452 g/mol. The fourth-order valence-corrected chi connectivity index (χ4v) is 6.14. The molecule has 172 valence electrons. The second-order valence-corrected chi connectivity index (χ2v) is 10.9. The number of amides is 1. The van der Waals surface area contributed by atoms with E-state index in [1.807, 2.05) is 0 Å². The normalized spacial score (nSPS) is 24.4. The molecule has 2 aliphatic rings. The van der Waals surface area contributed by atoms with Crippen molar-refractivity contribution in [1.82, 2.24) is 4.31 Å². The zero-order chi connectivity index (χ0) is 22.6. The van der Waals surface area contributed by atoms with Crippen LogP contribution in [0.2, 0.25) is 0 Å². The van der Waals surface area contributed by atoms with E-state index in [1.54, 1.807) is 0 Å². The van der Waals surface area contributed by atoms with Crippen LogP contribution in [-0.4, -0.2) is 55.0 Å². The van der Waals surface area contributed by atoms with Gasteiger partial charge in [-0.2, -0.15) is 4.31 Å². The molecular formula is C22H32N2O6S. The lowest BCUT2D eigenvalue weighted by Crippen LogP contribution is -2.42. The van der Waals surface area contributed by atoms with Crippen LogP contribution in [0.4, 0.5) is 5.69 Å². The molecule has 31 heavy (non-hydrogen) atoms. The molecule has 9 heteroatoms. The highest BCUT2D eigenvalue weighted by Gasteiger charge is 2.39. The van der Waals surface area contributed by atoms with Gasteiger partial charge in [-0.25, -0.2) is 13.2 Å². The van der Waals surface area contributed by atoms with E-state index in [9.17, 15) is 23.1 Å². The van der Waals surface area contributed by atoms with Gasteiger partial charge in [-0.3, -0.25) is 4.79 Å². The van der Waals surface area contributed by atoms with Gasteiger partial charge in [0.05, 0.1) is 4.90 Å². The summed E-state index contributed by atoms with van der Waals surface area (Å²) in [5.41, 5.74) is -1.10. The van der Waals surface area contributed by atoms with E-state index in [4.69, 9.17) is 4.74 Å². The Bertz CT molecular complexity index is 883. The lowest BCUT2D eigenvalue weighted by atomic mass is 9.85. The molecule has 1 aromatic carbocycles. The first-order chi connectivity index (χ1) is 14.6. The van der Waals surface area contributed by atoms with Crippen LogP contribution in [0.1, 0.15) is 52.4 Å². The number of esters is 1. The SMILES string of the molecule is CC1CC(C)CN(S(=O)(=O)c2ccc(NC(=O)COC(=O)C3(O)CCCCC3)cc2)C1. The van der Waals surface area contributed by atoms with Gasteiger partial charge >= 0.3 is 5.97 Å². The first-order valence-electron chi connectivity index (χ1n) is 10.9. The highest BCUT2D eigenvalue weighted by atomic mass is 32.2. The Morgan fingerprint density at radius 3 is 2.26 bits per heavy atom. The van der Waals surface area contributed by atoms with Gasteiger partial charge in [0.15, 0.2) is 12.2 Å². The Morgan fingerprint density at radius 2 is 1.68 bits per heavy atom. The van der Waals surface area contributed by atoms with Crippen molar-refractivity contribution in [1.29, 1.82) is 0 Å². The van der Waals surface area contributed by atoms with E-state index in [0.29, 0.717) is 43.5 Å². The van der Waals surface area contributed by atoms with Gasteiger partial charge in [0, 0.05) is 18.8 Å². The molecule has 1 saturated heterocycles. The van der Waals surface area contributed by atoms with Crippen LogP contribution >= 0.6 is 0 Å². The van der Waals surface area contributed by atoms with E-state index in [2.05, 4.69) is 19.2 Å². The third-order valence-electron chi connectivity index (χ3n) is 6.01. The molecule has 2 fully saturated rings. The van der Waals surface area contributed by atoms with Crippen molar-refractivity contribution >= 4 is 27.6 Å². The van der Waals surface area contributed by atoms with Crippen LogP contribution in [-0.2, 0) is 24.3 Å². The van der Waals surface area contributed by atoms with Gasteiger partial charge in [-0.05, 0) is 68.2 Å². The van der Waals surface area contributed by atoms with E-state index < -0.39 is 34.1 Å². The molecule has 2 unspecified atom stereocenters. The van der Waals surface area contributed by atoms with Crippen molar-refractivity contribution in [3.63, 3.8) is 0 Å². The molecule has 1 amide bonds. The minimum absolute atomic E-state index is 0.178. The summed E-state index contributed by atoms with van der Waals surface area (Å²) in [5.74, 6) is -0.700. The summed E-state index contributed by atoms with van der Waals surface area (Å²) in [6.07, 6.45) is 4.18. The number of benzene rings is 1. The Balaban J connectivity index is 1.55. The molecule has 2 N–H and O–H groups in total. The minimum atomic E-state index is -3.59. The molecule has 0 bridgehead atoms. The predicted molar refractivity (Wildman–Crippen MR) is 116 cm³/mol. The van der Waals surface area contributed by atoms with Crippen molar-refractivity contribution in [2.24, 2.45) is 11.8 Å². The predicted octanol–water partition coefficient (Wildman–Crippen LogP) is 2.53. The number of hydrogen-bond acceptors (Lipinski definition) is 6. The maximum Gasteiger partial charge on any atom is 0.338 e. The lowest BCUT2D eigenvalue weighted by Gasteiger charge is -2.34. The molecule has 1 saturated carbocycles. The smallest absolute Gasteiger partial charge is 0.338 e. The molecule has 0 radical (unpaired) electrons. The quantitative estimate of drug-likeness (QED) is 0.642. The maximum absolute atomic E-state index is 12.9. The second kappa shape index (κ2) is 9.67. The number of nitrogens with one attached hydrogen (secondary N) is 1. The second-order valence-electron chi connectivity index (χ2n) is 9.01. The van der Waals surface area contributed by atoms with Gasteiger partial charge in [-0.15, -0.1) is 0 Å². The molecule has 1 aliphatic heterocycles. The Kier molecular flexibility index (Phi) is 7.39. The van der Waals surface area contributed by atoms with Crippen LogP contribution in [0.3, 0.4) is 0 Å². The van der Waals surface area contributed by atoms with Gasteiger partial charge in [0.2, 0.25) is 10.0 Å². The van der Waals surface area contributed by atoms with Gasteiger partial charge in [0.1, 0.15) is 0 Å². The largest absolute Gasteiger partial charge is 0.453 e. The summed E-state index contributed by atoms with van der Waals surface area (Å²) >= 11 is 0. The number of piperidine rings is 1. The first kappa shape index (κ1) is 23.7. The van der Waals surface area contributed by atoms with E-state index >= 15 is 0 Å². The molecule has 1 aliphatic carbocycles. The fourth-order valence-electron chi connectivity index (χ4n) is 4.46. The van der Waals surface area contributed by atoms with Crippen LogP contribution in [0.5, 0.6) is 0 Å². The van der Waals surface area contributed by atoms with E-state index in [-0.39, 0.29) is 4.90 Å². The van der Waals surface area contributed by atoms with Crippen LogP contribution in [0, 0.1) is 11.8 Å². The summed E-state index contributed by atoms with van der Waals surface area (Å²) < 4.78 is 32.4.